The summed E-state index contributed by atoms with van der Waals surface area (Å²) >= 11 is 0. The van der Waals surface area contributed by atoms with E-state index < -0.39 is 0 Å². The van der Waals surface area contributed by atoms with Gasteiger partial charge in [-0.05, 0) is 18.4 Å². The largest absolute Gasteiger partial charge is 0.355 e. The average molecular weight is 260 g/mol. The zero-order chi connectivity index (χ0) is 13.9. The molecule has 0 radical (unpaired) electrons. The molecular weight excluding hydrogens is 236 g/mol. The van der Waals surface area contributed by atoms with Crippen LogP contribution in [0.4, 0.5) is 0 Å². The normalized spacial score (nSPS) is 17.6. The van der Waals surface area contributed by atoms with Crippen LogP contribution < -0.4 is 11.1 Å². The summed E-state index contributed by atoms with van der Waals surface area (Å²) in [7, 11) is 0. The van der Waals surface area contributed by atoms with Crippen molar-refractivity contribution in [3.8, 4) is 0 Å². The van der Waals surface area contributed by atoms with Gasteiger partial charge in [-0.25, -0.2) is 0 Å². The van der Waals surface area contributed by atoms with E-state index in [4.69, 9.17) is 5.73 Å². The van der Waals surface area contributed by atoms with E-state index in [9.17, 15) is 4.79 Å². The maximum absolute atomic E-state index is 12.3. The first-order valence-electron chi connectivity index (χ1n) is 7.04. The topological polar surface area (TPSA) is 55.1 Å². The smallest absolute Gasteiger partial charge is 0.227 e. The number of rotatable bonds is 5. The molecular formula is C16H24N2O. The summed E-state index contributed by atoms with van der Waals surface area (Å²) in [5.41, 5.74) is 6.66. The summed E-state index contributed by atoms with van der Waals surface area (Å²) in [4.78, 5) is 12.3. The summed E-state index contributed by atoms with van der Waals surface area (Å²) in [5, 5.41) is 3.10. The number of carbonyl (C=O) groups is 1. The minimum atomic E-state index is -0.285. The Labute approximate surface area is 115 Å². The Bertz CT molecular complexity index is 430. The third-order valence-electron chi connectivity index (χ3n) is 4.43. The molecule has 0 unspecified atom stereocenters. The Morgan fingerprint density at radius 2 is 1.95 bits per heavy atom. The van der Waals surface area contributed by atoms with E-state index in [1.54, 1.807) is 0 Å². The molecule has 0 bridgehead atoms. The van der Waals surface area contributed by atoms with Crippen LogP contribution in [0.15, 0.2) is 30.3 Å². The minimum Gasteiger partial charge on any atom is -0.355 e. The van der Waals surface area contributed by atoms with Gasteiger partial charge in [0.1, 0.15) is 0 Å². The fraction of sp³-hybridized carbons (Fsp3) is 0.562. The van der Waals surface area contributed by atoms with Gasteiger partial charge in [-0.15, -0.1) is 0 Å². The van der Waals surface area contributed by atoms with Crippen LogP contribution in [0, 0.1) is 5.41 Å². The van der Waals surface area contributed by atoms with Crippen molar-refractivity contribution in [1.82, 2.24) is 5.32 Å². The lowest BCUT2D eigenvalue weighted by Gasteiger charge is -2.40. The van der Waals surface area contributed by atoms with Gasteiger partial charge in [-0.2, -0.15) is 0 Å². The van der Waals surface area contributed by atoms with E-state index >= 15 is 0 Å². The molecule has 104 valence electrons. The zero-order valence-corrected chi connectivity index (χ0v) is 11.9. The Morgan fingerprint density at radius 3 is 2.42 bits per heavy atom. The van der Waals surface area contributed by atoms with Crippen molar-refractivity contribution in [2.24, 2.45) is 11.1 Å². The number of nitrogens with two attached hydrogens (primary N) is 1. The van der Waals surface area contributed by atoms with E-state index in [1.165, 1.54) is 5.56 Å². The first-order valence-corrected chi connectivity index (χ1v) is 7.04. The summed E-state index contributed by atoms with van der Waals surface area (Å²) in [6.07, 6.45) is 2.98. The SMILES string of the molecule is CC(C)(CNC(=O)C1(CN)CCC1)c1ccccc1. The van der Waals surface area contributed by atoms with Crippen molar-refractivity contribution in [3.05, 3.63) is 35.9 Å². The Morgan fingerprint density at radius 1 is 1.32 bits per heavy atom. The first kappa shape index (κ1) is 14.1. The van der Waals surface area contributed by atoms with Crippen molar-refractivity contribution in [3.63, 3.8) is 0 Å². The minimum absolute atomic E-state index is 0.0591. The molecule has 1 aromatic rings. The van der Waals surface area contributed by atoms with Crippen molar-refractivity contribution in [2.45, 2.75) is 38.5 Å². The van der Waals surface area contributed by atoms with Gasteiger partial charge >= 0.3 is 0 Å². The molecule has 3 nitrogen and oxygen atoms in total. The molecule has 0 heterocycles. The predicted octanol–water partition coefficient (Wildman–Crippen LogP) is 2.21. The van der Waals surface area contributed by atoms with E-state index in [-0.39, 0.29) is 16.7 Å². The molecule has 0 aliphatic heterocycles. The summed E-state index contributed by atoms with van der Waals surface area (Å²) in [6, 6.07) is 10.3. The first-order chi connectivity index (χ1) is 9.00. The highest BCUT2D eigenvalue weighted by Gasteiger charge is 2.43. The maximum Gasteiger partial charge on any atom is 0.227 e. The van der Waals surface area contributed by atoms with Crippen molar-refractivity contribution in [2.75, 3.05) is 13.1 Å². The number of amides is 1. The number of nitrogens with one attached hydrogen (secondary N) is 1. The summed E-state index contributed by atoms with van der Waals surface area (Å²) in [6.45, 7) is 5.42. The second-order valence-electron chi connectivity index (χ2n) is 6.27. The number of hydrogen-bond acceptors (Lipinski definition) is 2. The fourth-order valence-corrected chi connectivity index (χ4v) is 2.61. The molecule has 1 fully saturated rings. The lowest BCUT2D eigenvalue weighted by atomic mass is 9.68. The van der Waals surface area contributed by atoms with Crippen LogP contribution in [0.1, 0.15) is 38.7 Å². The molecule has 1 saturated carbocycles. The van der Waals surface area contributed by atoms with Crippen LogP contribution in [0.25, 0.3) is 0 Å². The Balaban J connectivity index is 1.96. The van der Waals surface area contributed by atoms with Crippen LogP contribution in [0.2, 0.25) is 0 Å². The monoisotopic (exact) mass is 260 g/mol. The molecule has 1 amide bonds. The Kier molecular flexibility index (Phi) is 3.95. The van der Waals surface area contributed by atoms with Gasteiger partial charge < -0.3 is 11.1 Å². The number of benzene rings is 1. The second-order valence-corrected chi connectivity index (χ2v) is 6.27. The lowest BCUT2D eigenvalue weighted by molar-refractivity contribution is -0.135. The second kappa shape index (κ2) is 5.33. The van der Waals surface area contributed by atoms with Gasteiger partial charge in [0.05, 0.1) is 5.41 Å². The molecule has 0 atom stereocenters. The predicted molar refractivity (Wildman–Crippen MR) is 77.8 cm³/mol. The fourth-order valence-electron chi connectivity index (χ4n) is 2.61. The Hall–Kier alpha value is -1.35. The highest BCUT2D eigenvalue weighted by molar-refractivity contribution is 5.83. The molecule has 3 heteroatoms. The van der Waals surface area contributed by atoms with Crippen molar-refractivity contribution >= 4 is 5.91 Å². The number of carbonyl (C=O) groups excluding carboxylic acids is 1. The number of hydrogen-bond donors (Lipinski definition) is 2. The molecule has 2 rings (SSSR count). The van der Waals surface area contributed by atoms with Gasteiger partial charge in [0.2, 0.25) is 5.91 Å². The molecule has 0 aromatic heterocycles. The standard InChI is InChI=1S/C16H24N2O/c1-15(2,13-7-4-3-5-8-13)12-18-14(19)16(11-17)9-6-10-16/h3-5,7-8H,6,9-12,17H2,1-2H3,(H,18,19). The molecule has 1 aromatic carbocycles. The third-order valence-corrected chi connectivity index (χ3v) is 4.43. The van der Waals surface area contributed by atoms with E-state index in [0.717, 1.165) is 19.3 Å². The van der Waals surface area contributed by atoms with E-state index in [1.807, 2.05) is 18.2 Å². The van der Waals surface area contributed by atoms with Gasteiger partial charge in [0.15, 0.2) is 0 Å². The van der Waals surface area contributed by atoms with Crippen LogP contribution >= 0.6 is 0 Å². The molecule has 0 spiro atoms. The molecule has 1 aliphatic carbocycles. The highest BCUT2D eigenvalue weighted by atomic mass is 16.2. The van der Waals surface area contributed by atoms with Crippen LogP contribution in [0.3, 0.4) is 0 Å². The van der Waals surface area contributed by atoms with Gasteiger partial charge in [0, 0.05) is 18.5 Å². The van der Waals surface area contributed by atoms with Gasteiger partial charge in [-0.3, -0.25) is 4.79 Å². The van der Waals surface area contributed by atoms with E-state index in [2.05, 4.69) is 31.3 Å². The van der Waals surface area contributed by atoms with Crippen LogP contribution in [0.5, 0.6) is 0 Å². The molecule has 0 saturated heterocycles. The maximum atomic E-state index is 12.3. The third kappa shape index (κ3) is 2.81. The van der Waals surface area contributed by atoms with Crippen molar-refractivity contribution in [1.29, 1.82) is 0 Å². The van der Waals surface area contributed by atoms with Crippen molar-refractivity contribution < 1.29 is 4.79 Å². The van der Waals surface area contributed by atoms with Crippen LogP contribution in [-0.4, -0.2) is 19.0 Å². The van der Waals surface area contributed by atoms with Gasteiger partial charge in [-0.1, -0.05) is 50.6 Å². The summed E-state index contributed by atoms with van der Waals surface area (Å²) in [5.74, 6) is 0.130. The quantitative estimate of drug-likeness (QED) is 0.853. The van der Waals surface area contributed by atoms with Crippen LogP contribution in [-0.2, 0) is 10.2 Å². The molecule has 19 heavy (non-hydrogen) atoms. The average Bonchev–Trinajstić information content (AvgIpc) is 2.37. The lowest BCUT2D eigenvalue weighted by Crippen LogP contribution is -2.52. The highest BCUT2D eigenvalue weighted by Crippen LogP contribution is 2.40. The van der Waals surface area contributed by atoms with E-state index in [0.29, 0.717) is 13.1 Å². The molecule has 3 N–H and O–H groups in total. The van der Waals surface area contributed by atoms with Gasteiger partial charge in [0.25, 0.3) is 0 Å². The summed E-state index contributed by atoms with van der Waals surface area (Å²) < 4.78 is 0. The molecule has 1 aliphatic rings. The zero-order valence-electron chi connectivity index (χ0n) is 11.9.